The van der Waals surface area contributed by atoms with Crippen molar-refractivity contribution < 1.29 is 19.1 Å². The number of anilines is 2. The molecule has 0 saturated carbocycles. The van der Waals surface area contributed by atoms with Crippen LogP contribution in [0.3, 0.4) is 0 Å². The van der Waals surface area contributed by atoms with E-state index in [4.69, 9.17) is 15.2 Å². The van der Waals surface area contributed by atoms with Crippen molar-refractivity contribution in [2.24, 2.45) is 5.73 Å². The molecule has 0 aromatic heterocycles. The standard InChI is InChI=1S/C19H18N4O4/c1-26-13-7-8-17(27-2)16(9-13)23-19(25)12(10-20)11-22-15-6-4-3-5-14(15)18(21)24/h3-9,11,22H,1-2H3,(H2,21,24)(H,23,25)/b12-11-. The molecule has 4 N–H and O–H groups in total. The van der Waals surface area contributed by atoms with Crippen LogP contribution in [0, 0.1) is 11.3 Å². The molecule has 8 nitrogen and oxygen atoms in total. The van der Waals surface area contributed by atoms with Gasteiger partial charge in [-0.3, -0.25) is 9.59 Å². The molecule has 0 aliphatic carbocycles. The van der Waals surface area contributed by atoms with Crippen LogP contribution in [0.5, 0.6) is 11.5 Å². The number of nitrogens with one attached hydrogen (secondary N) is 2. The van der Waals surface area contributed by atoms with E-state index in [1.54, 1.807) is 42.5 Å². The van der Waals surface area contributed by atoms with E-state index in [2.05, 4.69) is 10.6 Å². The molecule has 0 spiro atoms. The predicted molar refractivity (Wildman–Crippen MR) is 100 cm³/mol. The van der Waals surface area contributed by atoms with Gasteiger partial charge in [-0.25, -0.2) is 0 Å². The second-order valence-corrected chi connectivity index (χ2v) is 5.24. The zero-order valence-corrected chi connectivity index (χ0v) is 14.8. The van der Waals surface area contributed by atoms with Crippen LogP contribution < -0.4 is 25.8 Å². The van der Waals surface area contributed by atoms with E-state index in [0.717, 1.165) is 0 Å². The molecule has 2 aromatic rings. The lowest BCUT2D eigenvalue weighted by Gasteiger charge is -2.11. The van der Waals surface area contributed by atoms with Gasteiger partial charge in [-0.1, -0.05) is 12.1 Å². The van der Waals surface area contributed by atoms with Crippen LogP contribution in [0.2, 0.25) is 0 Å². The maximum absolute atomic E-state index is 12.4. The summed E-state index contributed by atoms with van der Waals surface area (Å²) in [5, 5.41) is 14.6. The molecule has 2 aromatic carbocycles. The molecule has 138 valence electrons. The second kappa shape index (κ2) is 8.92. The van der Waals surface area contributed by atoms with Crippen molar-refractivity contribution in [3.05, 3.63) is 59.8 Å². The fourth-order valence-corrected chi connectivity index (χ4v) is 2.22. The van der Waals surface area contributed by atoms with Gasteiger partial charge in [-0.2, -0.15) is 5.26 Å². The van der Waals surface area contributed by atoms with Crippen LogP contribution in [0.25, 0.3) is 0 Å². The zero-order chi connectivity index (χ0) is 19.8. The topological polar surface area (TPSA) is 126 Å². The lowest BCUT2D eigenvalue weighted by molar-refractivity contribution is -0.112. The van der Waals surface area contributed by atoms with Gasteiger partial charge in [-0.15, -0.1) is 0 Å². The molecular weight excluding hydrogens is 348 g/mol. The number of nitrogens with zero attached hydrogens (tertiary/aromatic N) is 1. The highest BCUT2D eigenvalue weighted by Gasteiger charge is 2.14. The van der Waals surface area contributed by atoms with Gasteiger partial charge in [-0.05, 0) is 24.3 Å². The average molecular weight is 366 g/mol. The van der Waals surface area contributed by atoms with Gasteiger partial charge in [0.25, 0.3) is 11.8 Å². The molecular formula is C19H18N4O4. The molecule has 2 rings (SSSR count). The number of carbonyl (C=O) groups is 2. The van der Waals surface area contributed by atoms with Crippen molar-refractivity contribution in [3.8, 4) is 17.6 Å². The van der Waals surface area contributed by atoms with Gasteiger partial charge in [0.2, 0.25) is 0 Å². The minimum atomic E-state index is -0.659. The number of ether oxygens (including phenoxy) is 2. The smallest absolute Gasteiger partial charge is 0.267 e. The summed E-state index contributed by atoms with van der Waals surface area (Å²) in [6, 6.07) is 13.2. The fourth-order valence-electron chi connectivity index (χ4n) is 2.22. The molecule has 0 bridgehead atoms. The van der Waals surface area contributed by atoms with Crippen LogP contribution in [0.15, 0.2) is 54.2 Å². The third-order valence-electron chi connectivity index (χ3n) is 3.58. The largest absolute Gasteiger partial charge is 0.497 e. The minimum absolute atomic E-state index is 0.209. The van der Waals surface area contributed by atoms with Crippen molar-refractivity contribution in [2.45, 2.75) is 0 Å². The molecule has 0 heterocycles. The summed E-state index contributed by atoms with van der Waals surface area (Å²) in [6.07, 6.45) is 1.20. The van der Waals surface area contributed by atoms with E-state index in [0.29, 0.717) is 22.9 Å². The molecule has 27 heavy (non-hydrogen) atoms. The number of para-hydroxylation sites is 1. The van der Waals surface area contributed by atoms with Crippen molar-refractivity contribution in [1.29, 1.82) is 5.26 Å². The van der Waals surface area contributed by atoms with Crippen molar-refractivity contribution in [3.63, 3.8) is 0 Å². The Morgan fingerprint density at radius 1 is 1.11 bits per heavy atom. The highest BCUT2D eigenvalue weighted by atomic mass is 16.5. The van der Waals surface area contributed by atoms with E-state index in [1.165, 1.54) is 26.5 Å². The molecule has 0 radical (unpaired) electrons. The quantitative estimate of drug-likeness (QED) is 0.510. The average Bonchev–Trinajstić information content (AvgIpc) is 2.68. The van der Waals surface area contributed by atoms with E-state index >= 15 is 0 Å². The van der Waals surface area contributed by atoms with E-state index < -0.39 is 11.8 Å². The van der Waals surface area contributed by atoms with Gasteiger partial charge in [0, 0.05) is 12.3 Å². The van der Waals surface area contributed by atoms with Gasteiger partial charge in [0.15, 0.2) is 0 Å². The highest BCUT2D eigenvalue weighted by Crippen LogP contribution is 2.29. The maximum atomic E-state index is 12.4. The number of benzene rings is 2. The zero-order valence-electron chi connectivity index (χ0n) is 14.8. The molecule has 0 atom stereocenters. The predicted octanol–water partition coefficient (Wildman–Crippen LogP) is 2.26. The number of primary amides is 1. The first kappa shape index (κ1) is 19.3. The maximum Gasteiger partial charge on any atom is 0.267 e. The monoisotopic (exact) mass is 366 g/mol. The number of methoxy groups -OCH3 is 2. The number of carbonyl (C=O) groups excluding carboxylic acids is 2. The Balaban J connectivity index is 2.23. The molecule has 0 fully saturated rings. The van der Waals surface area contributed by atoms with Crippen LogP contribution in [-0.4, -0.2) is 26.0 Å². The first-order valence-corrected chi connectivity index (χ1v) is 7.79. The minimum Gasteiger partial charge on any atom is -0.497 e. The summed E-state index contributed by atoms with van der Waals surface area (Å²) in [4.78, 5) is 23.9. The molecule has 2 amide bonds. The van der Waals surface area contributed by atoms with Crippen LogP contribution in [0.4, 0.5) is 11.4 Å². The number of nitriles is 1. The summed E-state index contributed by atoms with van der Waals surface area (Å²) in [6.45, 7) is 0. The lowest BCUT2D eigenvalue weighted by Crippen LogP contribution is -2.16. The third kappa shape index (κ3) is 4.76. The van der Waals surface area contributed by atoms with Gasteiger partial charge >= 0.3 is 0 Å². The Hall–Kier alpha value is -3.99. The normalized spacial score (nSPS) is 10.5. The summed E-state index contributed by atoms with van der Waals surface area (Å²) in [5.74, 6) is -0.362. The fraction of sp³-hybridized carbons (Fsp3) is 0.105. The van der Waals surface area contributed by atoms with Crippen LogP contribution in [-0.2, 0) is 4.79 Å². The lowest BCUT2D eigenvalue weighted by atomic mass is 10.1. The van der Waals surface area contributed by atoms with Gasteiger partial charge < -0.3 is 25.8 Å². The number of nitrogens with two attached hydrogens (primary N) is 1. The number of rotatable bonds is 7. The van der Waals surface area contributed by atoms with E-state index in [9.17, 15) is 14.9 Å². The van der Waals surface area contributed by atoms with E-state index in [1.807, 2.05) is 0 Å². The second-order valence-electron chi connectivity index (χ2n) is 5.24. The molecule has 0 aliphatic heterocycles. The highest BCUT2D eigenvalue weighted by molar-refractivity contribution is 6.07. The van der Waals surface area contributed by atoms with Crippen molar-refractivity contribution >= 4 is 23.2 Å². The summed E-state index contributed by atoms with van der Waals surface area (Å²) in [5.41, 5.74) is 6.06. The Kier molecular flexibility index (Phi) is 6.39. The SMILES string of the molecule is COc1ccc(OC)c(NC(=O)/C(C#N)=C\Nc2ccccc2C(N)=O)c1. The molecule has 0 aliphatic rings. The van der Waals surface area contributed by atoms with Crippen LogP contribution >= 0.6 is 0 Å². The molecule has 0 saturated heterocycles. The Bertz CT molecular complexity index is 932. The number of hydrogen-bond acceptors (Lipinski definition) is 6. The summed E-state index contributed by atoms with van der Waals surface area (Å²) < 4.78 is 10.3. The Morgan fingerprint density at radius 2 is 1.85 bits per heavy atom. The number of amides is 2. The molecule has 8 heteroatoms. The summed E-state index contributed by atoms with van der Waals surface area (Å²) >= 11 is 0. The summed E-state index contributed by atoms with van der Waals surface area (Å²) in [7, 11) is 2.95. The first-order chi connectivity index (χ1) is 13.0. The Morgan fingerprint density at radius 3 is 2.48 bits per heavy atom. The number of hydrogen-bond donors (Lipinski definition) is 3. The van der Waals surface area contributed by atoms with Crippen LogP contribution in [0.1, 0.15) is 10.4 Å². The van der Waals surface area contributed by atoms with E-state index in [-0.39, 0.29) is 11.1 Å². The van der Waals surface area contributed by atoms with Crippen molar-refractivity contribution in [1.82, 2.24) is 0 Å². The van der Waals surface area contributed by atoms with Gasteiger partial charge in [0.05, 0.1) is 31.2 Å². The van der Waals surface area contributed by atoms with Gasteiger partial charge in [0.1, 0.15) is 23.1 Å². The first-order valence-electron chi connectivity index (χ1n) is 7.79. The van der Waals surface area contributed by atoms with Crippen molar-refractivity contribution in [2.75, 3.05) is 24.9 Å². The molecule has 0 unspecified atom stereocenters. The third-order valence-corrected chi connectivity index (χ3v) is 3.58. The Labute approximate surface area is 156 Å².